The molecule has 0 aliphatic rings. The molecule has 2 aromatic carbocycles. The predicted molar refractivity (Wildman–Crippen MR) is 75.7 cm³/mol. The maximum Gasteiger partial charge on any atom is 0.339 e. The number of rotatable bonds is 5. The van der Waals surface area contributed by atoms with Gasteiger partial charge in [0.15, 0.2) is 0 Å². The zero-order valence-corrected chi connectivity index (χ0v) is 11.9. The van der Waals surface area contributed by atoms with E-state index < -0.39 is 11.8 Å². The third-order valence-corrected chi connectivity index (χ3v) is 3.26. The molecule has 0 spiro atoms. The minimum atomic E-state index is -1.13. The second-order valence-corrected chi connectivity index (χ2v) is 4.55. The van der Waals surface area contributed by atoms with E-state index in [0.29, 0.717) is 11.3 Å². The molecule has 21 heavy (non-hydrogen) atoms. The van der Waals surface area contributed by atoms with Crippen LogP contribution in [-0.4, -0.2) is 18.2 Å². The summed E-state index contributed by atoms with van der Waals surface area (Å²) < 4.78 is 23.8. The Morgan fingerprint density at radius 2 is 2.10 bits per heavy atom. The molecule has 0 aliphatic heterocycles. The van der Waals surface area contributed by atoms with Gasteiger partial charge in [-0.25, -0.2) is 9.18 Å². The summed E-state index contributed by atoms with van der Waals surface area (Å²) >= 11 is 5.82. The smallest absolute Gasteiger partial charge is 0.339 e. The normalized spacial score (nSPS) is 10.2. The van der Waals surface area contributed by atoms with Gasteiger partial charge in [0.1, 0.15) is 29.5 Å². The number of aromatic carboxylic acids is 1. The maximum absolute atomic E-state index is 13.3. The lowest BCUT2D eigenvalue weighted by Gasteiger charge is -2.11. The van der Waals surface area contributed by atoms with E-state index in [1.807, 2.05) is 0 Å². The van der Waals surface area contributed by atoms with Gasteiger partial charge < -0.3 is 14.6 Å². The molecular weight excluding hydrogens is 299 g/mol. The predicted octanol–water partition coefficient (Wildman–Crippen LogP) is 3.76. The lowest BCUT2D eigenvalue weighted by molar-refractivity contribution is 0.0691. The molecule has 6 heteroatoms. The second kappa shape index (κ2) is 6.45. The first-order valence-corrected chi connectivity index (χ1v) is 6.37. The van der Waals surface area contributed by atoms with E-state index >= 15 is 0 Å². The van der Waals surface area contributed by atoms with Crippen LogP contribution >= 0.6 is 11.6 Å². The molecule has 0 saturated heterocycles. The van der Waals surface area contributed by atoms with Crippen molar-refractivity contribution in [2.45, 2.75) is 6.61 Å². The van der Waals surface area contributed by atoms with Gasteiger partial charge in [-0.1, -0.05) is 23.7 Å². The molecule has 0 atom stereocenters. The number of hydrogen-bond acceptors (Lipinski definition) is 3. The van der Waals surface area contributed by atoms with Crippen LogP contribution in [0, 0.1) is 5.82 Å². The molecule has 2 rings (SSSR count). The van der Waals surface area contributed by atoms with Crippen molar-refractivity contribution in [2.75, 3.05) is 7.11 Å². The van der Waals surface area contributed by atoms with Crippen LogP contribution in [0.2, 0.25) is 5.02 Å². The first-order chi connectivity index (χ1) is 10.0. The average Bonchev–Trinajstić information content (AvgIpc) is 2.48. The quantitative estimate of drug-likeness (QED) is 0.913. The van der Waals surface area contributed by atoms with Gasteiger partial charge in [-0.3, -0.25) is 0 Å². The minimum absolute atomic E-state index is 0.0108. The fourth-order valence-corrected chi connectivity index (χ4v) is 1.92. The van der Waals surface area contributed by atoms with Gasteiger partial charge in [-0.2, -0.15) is 0 Å². The van der Waals surface area contributed by atoms with E-state index in [2.05, 4.69) is 0 Å². The molecule has 4 nitrogen and oxygen atoms in total. The highest BCUT2D eigenvalue weighted by molar-refractivity contribution is 6.31. The Labute approximate surface area is 125 Å². The Bertz CT molecular complexity index is 673. The Morgan fingerprint density at radius 1 is 1.33 bits per heavy atom. The summed E-state index contributed by atoms with van der Waals surface area (Å²) in [4.78, 5) is 11.1. The topological polar surface area (TPSA) is 55.8 Å². The van der Waals surface area contributed by atoms with Crippen LogP contribution in [0.5, 0.6) is 11.5 Å². The summed E-state index contributed by atoms with van der Waals surface area (Å²) in [5.41, 5.74) is 0.416. The standard InChI is InChI=1S/C15H12ClFO4/c1-20-10-5-6-11(15(18)19)13(7-10)21-8-9-3-2-4-12(17)14(9)16/h2-7H,8H2,1H3,(H,18,19). The lowest BCUT2D eigenvalue weighted by atomic mass is 10.2. The van der Waals surface area contributed by atoms with Crippen molar-refractivity contribution >= 4 is 17.6 Å². The molecule has 1 N–H and O–H groups in total. The van der Waals surface area contributed by atoms with E-state index in [4.69, 9.17) is 26.2 Å². The number of halogens is 2. The Morgan fingerprint density at radius 3 is 2.76 bits per heavy atom. The fourth-order valence-electron chi connectivity index (χ4n) is 1.74. The Kier molecular flexibility index (Phi) is 4.65. The molecule has 0 radical (unpaired) electrons. The van der Waals surface area contributed by atoms with Gasteiger partial charge in [-0.15, -0.1) is 0 Å². The second-order valence-electron chi connectivity index (χ2n) is 4.17. The third-order valence-electron chi connectivity index (χ3n) is 2.83. The molecule has 110 valence electrons. The SMILES string of the molecule is COc1ccc(C(=O)O)c(OCc2cccc(F)c2Cl)c1. The van der Waals surface area contributed by atoms with Crippen molar-refractivity contribution in [1.82, 2.24) is 0 Å². The molecule has 0 saturated carbocycles. The minimum Gasteiger partial charge on any atom is -0.497 e. The number of ether oxygens (including phenoxy) is 2. The largest absolute Gasteiger partial charge is 0.497 e. The lowest BCUT2D eigenvalue weighted by Crippen LogP contribution is -2.04. The van der Waals surface area contributed by atoms with Crippen LogP contribution in [-0.2, 0) is 6.61 Å². The third kappa shape index (κ3) is 3.44. The highest BCUT2D eigenvalue weighted by Gasteiger charge is 2.14. The summed E-state index contributed by atoms with van der Waals surface area (Å²) in [5.74, 6) is -1.10. The van der Waals surface area contributed by atoms with Crippen LogP contribution in [0.15, 0.2) is 36.4 Å². The van der Waals surface area contributed by atoms with Gasteiger partial charge in [-0.05, 0) is 18.2 Å². The van der Waals surface area contributed by atoms with E-state index in [0.717, 1.165) is 0 Å². The summed E-state index contributed by atoms with van der Waals surface area (Å²) in [6.45, 7) is -0.0515. The highest BCUT2D eigenvalue weighted by Crippen LogP contribution is 2.27. The van der Waals surface area contributed by atoms with Crippen LogP contribution in [0.4, 0.5) is 4.39 Å². The average molecular weight is 311 g/mol. The van der Waals surface area contributed by atoms with Crippen molar-refractivity contribution in [1.29, 1.82) is 0 Å². The van der Waals surface area contributed by atoms with Gasteiger partial charge in [0.25, 0.3) is 0 Å². The maximum atomic E-state index is 13.3. The van der Waals surface area contributed by atoms with Crippen molar-refractivity contribution in [3.8, 4) is 11.5 Å². The summed E-state index contributed by atoms with van der Waals surface area (Å²) in [7, 11) is 1.46. The zero-order chi connectivity index (χ0) is 15.4. The van der Waals surface area contributed by atoms with Crippen molar-refractivity contribution in [3.05, 3.63) is 58.4 Å². The number of benzene rings is 2. The molecule has 0 bridgehead atoms. The van der Waals surface area contributed by atoms with Crippen LogP contribution in [0.1, 0.15) is 15.9 Å². The number of carboxylic acids is 1. The number of hydrogen-bond donors (Lipinski definition) is 1. The van der Waals surface area contributed by atoms with Crippen LogP contribution < -0.4 is 9.47 Å². The molecule has 2 aromatic rings. The van der Waals surface area contributed by atoms with E-state index in [1.54, 1.807) is 6.07 Å². The zero-order valence-electron chi connectivity index (χ0n) is 11.1. The molecular formula is C15H12ClFO4. The number of carbonyl (C=O) groups is 1. The highest BCUT2D eigenvalue weighted by atomic mass is 35.5. The molecule has 0 aliphatic carbocycles. The van der Waals surface area contributed by atoms with Gasteiger partial charge in [0.2, 0.25) is 0 Å². The first kappa shape index (κ1) is 15.1. The molecule has 0 unspecified atom stereocenters. The summed E-state index contributed by atoms with van der Waals surface area (Å²) in [6, 6.07) is 8.70. The van der Waals surface area contributed by atoms with Crippen molar-refractivity contribution in [3.63, 3.8) is 0 Å². The number of carboxylic acid groups (broad SMARTS) is 1. The van der Waals surface area contributed by atoms with Crippen molar-refractivity contribution in [2.24, 2.45) is 0 Å². The van der Waals surface area contributed by atoms with E-state index in [9.17, 15) is 9.18 Å². The Balaban J connectivity index is 2.26. The summed E-state index contributed by atoms with van der Waals surface area (Å²) in [6.07, 6.45) is 0. The van der Waals surface area contributed by atoms with Gasteiger partial charge in [0, 0.05) is 11.6 Å². The van der Waals surface area contributed by atoms with Gasteiger partial charge in [0.05, 0.1) is 12.1 Å². The molecule has 0 fully saturated rings. The van der Waals surface area contributed by atoms with E-state index in [1.165, 1.54) is 37.4 Å². The van der Waals surface area contributed by atoms with Crippen LogP contribution in [0.25, 0.3) is 0 Å². The Hall–Kier alpha value is -2.27. The summed E-state index contributed by atoms with van der Waals surface area (Å²) in [5, 5.41) is 9.07. The fraction of sp³-hybridized carbons (Fsp3) is 0.133. The van der Waals surface area contributed by atoms with Crippen molar-refractivity contribution < 1.29 is 23.8 Å². The molecule has 0 heterocycles. The van der Waals surface area contributed by atoms with Gasteiger partial charge >= 0.3 is 5.97 Å². The monoisotopic (exact) mass is 310 g/mol. The number of methoxy groups -OCH3 is 1. The van der Waals surface area contributed by atoms with E-state index in [-0.39, 0.29) is 22.9 Å². The molecule has 0 amide bonds. The van der Waals surface area contributed by atoms with Crippen LogP contribution in [0.3, 0.4) is 0 Å². The first-order valence-electron chi connectivity index (χ1n) is 6.00. The molecule has 0 aromatic heterocycles.